The van der Waals surface area contributed by atoms with Crippen molar-refractivity contribution < 1.29 is 9.53 Å². The number of benzene rings is 1. The molecule has 3 rings (SSSR count). The molecule has 0 radical (unpaired) electrons. The van der Waals surface area contributed by atoms with Crippen molar-refractivity contribution >= 4 is 28.6 Å². The number of hydrogen-bond acceptors (Lipinski definition) is 4. The molecule has 0 N–H and O–H groups in total. The fraction of sp³-hybridized carbons (Fsp3) is 0.333. The van der Waals surface area contributed by atoms with Gasteiger partial charge >= 0.3 is 5.97 Å². The summed E-state index contributed by atoms with van der Waals surface area (Å²) in [5, 5.41) is 1.93. The lowest BCUT2D eigenvalue weighted by Gasteiger charge is -2.08. The first kappa shape index (κ1) is 12.5. The van der Waals surface area contributed by atoms with E-state index in [2.05, 4.69) is 18.0 Å². The van der Waals surface area contributed by atoms with Crippen molar-refractivity contribution in [3.8, 4) is 0 Å². The molecule has 0 saturated carbocycles. The number of aryl methyl sites for hydroxylation is 1. The van der Waals surface area contributed by atoms with Crippen LogP contribution in [0, 0.1) is 6.92 Å². The van der Waals surface area contributed by atoms with E-state index in [4.69, 9.17) is 4.74 Å². The Morgan fingerprint density at radius 1 is 1.37 bits per heavy atom. The summed E-state index contributed by atoms with van der Waals surface area (Å²) in [4.78, 5) is 16.3. The number of pyridine rings is 1. The Morgan fingerprint density at radius 3 is 2.89 bits per heavy atom. The van der Waals surface area contributed by atoms with Crippen molar-refractivity contribution in [1.29, 1.82) is 0 Å². The molecule has 1 aromatic carbocycles. The summed E-state index contributed by atoms with van der Waals surface area (Å²) < 4.78 is 5.18. The van der Waals surface area contributed by atoms with Crippen molar-refractivity contribution in [2.75, 3.05) is 0 Å². The highest BCUT2D eigenvalue weighted by molar-refractivity contribution is 8.00. The molecule has 1 saturated heterocycles. The van der Waals surface area contributed by atoms with Crippen LogP contribution in [0.5, 0.6) is 0 Å². The maximum absolute atomic E-state index is 11.7. The molecule has 2 aromatic rings. The van der Waals surface area contributed by atoms with Gasteiger partial charge in [0, 0.05) is 11.8 Å². The van der Waals surface area contributed by atoms with Gasteiger partial charge in [-0.3, -0.25) is 4.79 Å². The fourth-order valence-corrected chi connectivity index (χ4v) is 3.55. The van der Waals surface area contributed by atoms with E-state index in [1.54, 1.807) is 0 Å². The molecule has 4 heteroatoms. The van der Waals surface area contributed by atoms with Crippen LogP contribution in [0.25, 0.3) is 10.9 Å². The van der Waals surface area contributed by atoms with E-state index < -0.39 is 0 Å². The highest BCUT2D eigenvalue weighted by Gasteiger charge is 2.33. The van der Waals surface area contributed by atoms with Crippen molar-refractivity contribution in [2.24, 2.45) is 0 Å². The number of thioether (sulfide) groups is 1. The molecule has 1 fully saturated rings. The summed E-state index contributed by atoms with van der Waals surface area (Å²) in [6.45, 7) is 4.00. The third-order valence-electron chi connectivity index (χ3n) is 3.29. The van der Waals surface area contributed by atoms with Crippen molar-refractivity contribution in [1.82, 2.24) is 4.98 Å². The highest BCUT2D eigenvalue weighted by Crippen LogP contribution is 2.32. The van der Waals surface area contributed by atoms with Crippen molar-refractivity contribution in [3.05, 3.63) is 35.9 Å². The Kier molecular flexibility index (Phi) is 3.19. The number of para-hydroxylation sites is 1. The van der Waals surface area contributed by atoms with Crippen LogP contribution in [0.1, 0.15) is 18.9 Å². The van der Waals surface area contributed by atoms with Crippen LogP contribution < -0.4 is 0 Å². The molecule has 0 amide bonds. The van der Waals surface area contributed by atoms with Gasteiger partial charge < -0.3 is 4.74 Å². The topological polar surface area (TPSA) is 39.2 Å². The number of ether oxygens (including phenoxy) is 1. The number of esters is 1. The minimum Gasteiger partial charge on any atom is -0.462 e. The maximum atomic E-state index is 11.7. The predicted molar refractivity (Wildman–Crippen MR) is 76.3 cm³/mol. The predicted octanol–water partition coefficient (Wildman–Crippen LogP) is 3.34. The van der Waals surface area contributed by atoms with Gasteiger partial charge in [0.05, 0.1) is 10.5 Å². The van der Waals surface area contributed by atoms with E-state index in [0.29, 0.717) is 0 Å². The van der Waals surface area contributed by atoms with Gasteiger partial charge in [-0.2, -0.15) is 0 Å². The Hall–Kier alpha value is -1.55. The molecule has 3 nitrogen and oxygen atoms in total. The Balaban J connectivity index is 1.91. The molecular weight excluding hydrogens is 258 g/mol. The van der Waals surface area contributed by atoms with Crippen LogP contribution in [0.2, 0.25) is 0 Å². The van der Waals surface area contributed by atoms with E-state index in [9.17, 15) is 4.79 Å². The summed E-state index contributed by atoms with van der Waals surface area (Å²) in [5.74, 6) is -0.120. The number of nitrogens with zero attached hydrogens (tertiary/aromatic N) is 1. The second-order valence-corrected chi connectivity index (χ2v) is 6.11. The first-order valence-corrected chi connectivity index (χ1v) is 7.25. The van der Waals surface area contributed by atoms with Gasteiger partial charge in [-0.1, -0.05) is 30.0 Å². The zero-order valence-electron chi connectivity index (χ0n) is 10.9. The summed E-state index contributed by atoms with van der Waals surface area (Å²) in [7, 11) is 0. The standard InChI is InChI=1S/C15H15NO2S/c1-9-7-14(16-12-6-4-3-5-11(9)12)19-13-8-10(2)18-15(13)17/h3-7,10,13H,8H2,1-2H3/t10-,13+/m1/s1. The van der Waals surface area contributed by atoms with E-state index in [0.717, 1.165) is 22.3 Å². The lowest BCUT2D eigenvalue weighted by molar-refractivity contribution is -0.140. The fourth-order valence-electron chi connectivity index (χ4n) is 2.34. The Bertz CT molecular complexity index is 641. The monoisotopic (exact) mass is 273 g/mol. The van der Waals surface area contributed by atoms with Gasteiger partial charge in [0.1, 0.15) is 11.4 Å². The van der Waals surface area contributed by atoms with Crippen LogP contribution in [0.3, 0.4) is 0 Å². The minimum absolute atomic E-state index is 0.0200. The third-order valence-corrected chi connectivity index (χ3v) is 4.41. The third kappa shape index (κ3) is 2.45. The van der Waals surface area contributed by atoms with Gasteiger partial charge in [0.15, 0.2) is 0 Å². The molecule has 98 valence electrons. The van der Waals surface area contributed by atoms with E-state index >= 15 is 0 Å². The van der Waals surface area contributed by atoms with Gasteiger partial charge in [-0.15, -0.1) is 0 Å². The van der Waals surface area contributed by atoms with Gasteiger partial charge in [-0.05, 0) is 31.5 Å². The quantitative estimate of drug-likeness (QED) is 0.787. The summed E-state index contributed by atoms with van der Waals surface area (Å²) in [6.07, 6.45) is 0.781. The smallest absolute Gasteiger partial charge is 0.319 e. The second kappa shape index (κ2) is 4.85. The normalized spacial score (nSPS) is 22.7. The van der Waals surface area contributed by atoms with Crippen LogP contribution >= 0.6 is 11.8 Å². The number of fused-ring (bicyclic) bond motifs is 1. The van der Waals surface area contributed by atoms with Crippen molar-refractivity contribution in [3.63, 3.8) is 0 Å². The van der Waals surface area contributed by atoms with E-state index in [1.807, 2.05) is 31.2 Å². The number of cyclic esters (lactones) is 1. The largest absolute Gasteiger partial charge is 0.462 e. The lowest BCUT2D eigenvalue weighted by atomic mass is 10.1. The van der Waals surface area contributed by atoms with Gasteiger partial charge in [0.25, 0.3) is 0 Å². The minimum atomic E-state index is -0.122. The molecule has 19 heavy (non-hydrogen) atoms. The molecule has 0 unspecified atom stereocenters. The average molecular weight is 273 g/mol. The highest BCUT2D eigenvalue weighted by atomic mass is 32.2. The number of carbonyl (C=O) groups excluding carboxylic acids is 1. The molecule has 0 bridgehead atoms. The molecule has 0 aliphatic carbocycles. The molecule has 1 aliphatic heterocycles. The van der Waals surface area contributed by atoms with Crippen LogP contribution in [-0.4, -0.2) is 22.3 Å². The second-order valence-electron chi connectivity index (χ2n) is 4.88. The first-order valence-electron chi connectivity index (χ1n) is 6.37. The molecule has 2 heterocycles. The van der Waals surface area contributed by atoms with Crippen LogP contribution in [0.4, 0.5) is 0 Å². The summed E-state index contributed by atoms with van der Waals surface area (Å²) in [5.41, 5.74) is 2.16. The first-order chi connectivity index (χ1) is 9.13. The lowest BCUT2D eigenvalue weighted by Crippen LogP contribution is -2.09. The maximum Gasteiger partial charge on any atom is 0.319 e. The number of rotatable bonds is 2. The molecular formula is C15H15NO2S. The zero-order valence-corrected chi connectivity index (χ0v) is 11.7. The number of aromatic nitrogens is 1. The van der Waals surface area contributed by atoms with E-state index in [-0.39, 0.29) is 17.3 Å². The average Bonchev–Trinajstić information content (AvgIpc) is 2.68. The van der Waals surface area contributed by atoms with Gasteiger partial charge in [0.2, 0.25) is 0 Å². The van der Waals surface area contributed by atoms with Crippen molar-refractivity contribution in [2.45, 2.75) is 36.6 Å². The number of hydrogen-bond donors (Lipinski definition) is 0. The van der Waals surface area contributed by atoms with Crippen LogP contribution in [0.15, 0.2) is 35.4 Å². The molecule has 1 aromatic heterocycles. The van der Waals surface area contributed by atoms with Crippen LogP contribution in [-0.2, 0) is 9.53 Å². The summed E-state index contributed by atoms with van der Waals surface area (Å²) in [6, 6.07) is 10.1. The Morgan fingerprint density at radius 2 is 2.16 bits per heavy atom. The SMILES string of the molecule is Cc1cc(S[C@H]2C[C@@H](C)OC2=O)nc2ccccc12. The molecule has 0 spiro atoms. The zero-order chi connectivity index (χ0) is 13.4. The molecule has 1 aliphatic rings. The van der Waals surface area contributed by atoms with E-state index in [1.165, 1.54) is 17.3 Å². The molecule has 2 atom stereocenters. The van der Waals surface area contributed by atoms with Gasteiger partial charge in [-0.25, -0.2) is 4.98 Å². The number of carbonyl (C=O) groups is 1. The Labute approximate surface area is 116 Å². The summed E-state index contributed by atoms with van der Waals surface area (Å²) >= 11 is 1.51.